The van der Waals surface area contributed by atoms with Gasteiger partial charge >= 0.3 is 6.01 Å². The number of methoxy groups -OCH3 is 1. The van der Waals surface area contributed by atoms with Gasteiger partial charge in [-0.3, -0.25) is 9.69 Å². The Morgan fingerprint density at radius 3 is 2.29 bits per heavy atom. The topological polar surface area (TPSA) is 86.3 Å². The van der Waals surface area contributed by atoms with E-state index in [0.717, 1.165) is 50.7 Å². The number of benzene rings is 1. The van der Waals surface area contributed by atoms with Crippen LogP contribution in [0.2, 0.25) is 0 Å². The SMILES string of the molecule is CC(C)c1ccccc1N1CCc2c(nc(OCC34CCCN3CCC4)nc2N2CC3CCC(C2)N3)C1.CN(C)C.COC=O. The van der Waals surface area contributed by atoms with Crippen molar-refractivity contribution in [3.63, 3.8) is 0 Å². The predicted molar refractivity (Wildman–Crippen MR) is 180 cm³/mol. The number of anilines is 2. The van der Waals surface area contributed by atoms with Crippen LogP contribution in [0.1, 0.15) is 75.1 Å². The standard InChI is InChI=1S/C30H42N6O.C3H9N.C2H4O2/c1-21(2)24-7-3-4-8-27(24)34-16-11-25-26(19-34)32-29(37-20-30-12-5-14-36(30)15-6-13-30)33-28(25)35-17-22-9-10-23(18-35)31-22;1-4(2)3;1-4-2-3/h3-4,7-8,21-23,31H,5-6,9-20H2,1-2H3;1-3H3;2H,1H3. The molecule has 4 saturated heterocycles. The van der Waals surface area contributed by atoms with E-state index in [-0.39, 0.29) is 5.54 Å². The minimum atomic E-state index is 0.204. The molecule has 10 heteroatoms. The normalized spacial score (nSPS) is 23.1. The highest BCUT2D eigenvalue weighted by atomic mass is 16.5. The van der Waals surface area contributed by atoms with Crippen molar-refractivity contribution in [1.82, 2.24) is 25.1 Å². The molecule has 5 aliphatic heterocycles. The Bertz CT molecular complexity index is 1250. The van der Waals surface area contributed by atoms with Gasteiger partial charge in [0.25, 0.3) is 6.47 Å². The lowest BCUT2D eigenvalue weighted by Crippen LogP contribution is -2.52. The van der Waals surface area contributed by atoms with Crippen molar-refractivity contribution < 1.29 is 14.3 Å². The van der Waals surface area contributed by atoms with Gasteiger partial charge < -0.3 is 29.5 Å². The number of nitrogens with one attached hydrogen (secondary N) is 1. The van der Waals surface area contributed by atoms with E-state index in [1.807, 2.05) is 26.0 Å². The van der Waals surface area contributed by atoms with E-state index in [9.17, 15) is 0 Å². The smallest absolute Gasteiger partial charge is 0.318 e. The van der Waals surface area contributed by atoms with Gasteiger partial charge in [0.05, 0.1) is 24.9 Å². The van der Waals surface area contributed by atoms with Gasteiger partial charge in [-0.1, -0.05) is 32.0 Å². The van der Waals surface area contributed by atoms with Gasteiger partial charge in [-0.15, -0.1) is 0 Å². The van der Waals surface area contributed by atoms with Crippen LogP contribution in [-0.2, 0) is 22.5 Å². The highest BCUT2D eigenvalue weighted by molar-refractivity contribution is 5.59. The van der Waals surface area contributed by atoms with Crippen molar-refractivity contribution in [1.29, 1.82) is 0 Å². The summed E-state index contributed by atoms with van der Waals surface area (Å²) in [7, 11) is 7.31. The molecule has 248 valence electrons. The van der Waals surface area contributed by atoms with Crippen molar-refractivity contribution in [2.45, 2.75) is 88.9 Å². The lowest BCUT2D eigenvalue weighted by atomic mass is 9.95. The van der Waals surface area contributed by atoms with Crippen LogP contribution in [0.5, 0.6) is 6.01 Å². The van der Waals surface area contributed by atoms with E-state index in [1.165, 1.54) is 75.5 Å². The molecule has 4 fully saturated rings. The second-order valence-corrected chi connectivity index (χ2v) is 14.1. The van der Waals surface area contributed by atoms with E-state index >= 15 is 0 Å². The maximum atomic E-state index is 8.95. The summed E-state index contributed by atoms with van der Waals surface area (Å²) in [6.45, 7) is 12.0. The molecular formula is C35H55N7O3. The lowest BCUT2D eigenvalue weighted by molar-refractivity contribution is -0.126. The summed E-state index contributed by atoms with van der Waals surface area (Å²) in [5.41, 5.74) is 5.46. The second-order valence-electron chi connectivity index (χ2n) is 14.1. The number of carbonyl (C=O) groups excluding carboxylic acids is 1. The fraction of sp³-hybridized carbons (Fsp3) is 0.686. The predicted octanol–water partition coefficient (Wildman–Crippen LogP) is 4.08. The highest BCUT2D eigenvalue weighted by Crippen LogP contribution is 2.40. The second kappa shape index (κ2) is 15.1. The fourth-order valence-corrected chi connectivity index (χ4v) is 7.81. The van der Waals surface area contributed by atoms with Crippen molar-refractivity contribution in [3.8, 4) is 6.01 Å². The Hall–Kier alpha value is -2.95. The van der Waals surface area contributed by atoms with E-state index < -0.39 is 0 Å². The zero-order chi connectivity index (χ0) is 32.0. The maximum absolute atomic E-state index is 8.95. The van der Waals surface area contributed by atoms with Crippen LogP contribution in [0.3, 0.4) is 0 Å². The Morgan fingerprint density at radius 1 is 1.02 bits per heavy atom. The molecule has 0 saturated carbocycles. The Labute approximate surface area is 270 Å². The van der Waals surface area contributed by atoms with Gasteiger partial charge in [0.2, 0.25) is 0 Å². The third-order valence-electron chi connectivity index (χ3n) is 9.82. The third kappa shape index (κ3) is 7.89. The van der Waals surface area contributed by atoms with Gasteiger partial charge in [-0.25, -0.2) is 0 Å². The van der Waals surface area contributed by atoms with Crippen molar-refractivity contribution in [2.75, 3.05) is 77.4 Å². The van der Waals surface area contributed by atoms with E-state index in [2.05, 4.69) is 62.9 Å². The Kier molecular flexibility index (Phi) is 11.2. The van der Waals surface area contributed by atoms with Crippen molar-refractivity contribution in [3.05, 3.63) is 41.1 Å². The van der Waals surface area contributed by atoms with Crippen molar-refractivity contribution >= 4 is 18.0 Å². The minimum Gasteiger partial charge on any atom is -0.471 e. The number of piperazine rings is 1. The third-order valence-corrected chi connectivity index (χ3v) is 9.82. The van der Waals surface area contributed by atoms with Crippen LogP contribution in [0.4, 0.5) is 11.5 Å². The first-order chi connectivity index (χ1) is 21.7. The number of hydrogen-bond acceptors (Lipinski definition) is 10. The summed E-state index contributed by atoms with van der Waals surface area (Å²) in [4.78, 5) is 28.9. The average Bonchev–Trinajstić information content (AvgIpc) is 3.72. The number of para-hydroxylation sites is 1. The lowest BCUT2D eigenvalue weighted by Gasteiger charge is -2.38. The van der Waals surface area contributed by atoms with Crippen LogP contribution in [0, 0.1) is 0 Å². The summed E-state index contributed by atoms with van der Waals surface area (Å²) in [6.07, 6.45) is 8.58. The summed E-state index contributed by atoms with van der Waals surface area (Å²) < 4.78 is 10.4. The van der Waals surface area contributed by atoms with Crippen LogP contribution in [0.15, 0.2) is 24.3 Å². The van der Waals surface area contributed by atoms with E-state index in [4.69, 9.17) is 19.5 Å². The van der Waals surface area contributed by atoms with Gasteiger partial charge in [-0.2, -0.15) is 9.97 Å². The highest BCUT2D eigenvalue weighted by Gasteiger charge is 2.45. The van der Waals surface area contributed by atoms with E-state index in [0.29, 0.717) is 30.5 Å². The maximum Gasteiger partial charge on any atom is 0.318 e. The molecule has 0 amide bonds. The molecule has 10 nitrogen and oxygen atoms in total. The molecule has 5 aliphatic rings. The number of nitrogens with zero attached hydrogens (tertiary/aromatic N) is 6. The summed E-state index contributed by atoms with van der Waals surface area (Å²) in [5.74, 6) is 1.64. The van der Waals surface area contributed by atoms with E-state index in [1.54, 1.807) is 0 Å². The monoisotopic (exact) mass is 621 g/mol. The zero-order valence-corrected chi connectivity index (χ0v) is 28.4. The molecule has 0 aliphatic carbocycles. The summed E-state index contributed by atoms with van der Waals surface area (Å²) >= 11 is 0. The van der Waals surface area contributed by atoms with Crippen molar-refractivity contribution in [2.24, 2.45) is 0 Å². The Balaban J connectivity index is 0.000000451. The fourth-order valence-electron chi connectivity index (χ4n) is 7.81. The largest absolute Gasteiger partial charge is 0.471 e. The van der Waals surface area contributed by atoms with Gasteiger partial charge in [-0.05, 0) is 96.7 Å². The molecule has 2 aromatic rings. The average molecular weight is 622 g/mol. The first-order valence-corrected chi connectivity index (χ1v) is 16.9. The molecular weight excluding hydrogens is 566 g/mol. The van der Waals surface area contributed by atoms with Crippen LogP contribution < -0.4 is 19.9 Å². The molecule has 6 heterocycles. The molecule has 1 aromatic carbocycles. The number of carbonyl (C=O) groups is 1. The number of hydrogen-bond donors (Lipinski definition) is 1. The molecule has 2 atom stereocenters. The molecule has 1 aromatic heterocycles. The van der Waals surface area contributed by atoms with Crippen LogP contribution in [0.25, 0.3) is 0 Å². The Morgan fingerprint density at radius 2 is 1.67 bits per heavy atom. The minimum absolute atomic E-state index is 0.204. The number of rotatable bonds is 7. The molecule has 2 bridgehead atoms. The quantitative estimate of drug-likeness (QED) is 0.457. The first kappa shape index (κ1) is 33.4. The number of aromatic nitrogens is 2. The van der Waals surface area contributed by atoms with Crippen LogP contribution in [-0.4, -0.2) is 111 Å². The molecule has 1 N–H and O–H groups in total. The number of fused-ring (bicyclic) bond motifs is 4. The zero-order valence-electron chi connectivity index (χ0n) is 28.4. The number of ether oxygens (including phenoxy) is 2. The van der Waals surface area contributed by atoms with Crippen LogP contribution >= 0.6 is 0 Å². The summed E-state index contributed by atoms with van der Waals surface area (Å²) in [5, 5.41) is 3.79. The van der Waals surface area contributed by atoms with Gasteiger partial charge in [0, 0.05) is 43.0 Å². The molecule has 0 spiro atoms. The summed E-state index contributed by atoms with van der Waals surface area (Å²) in [6, 6.07) is 10.6. The first-order valence-electron chi connectivity index (χ1n) is 16.9. The van der Waals surface area contributed by atoms with Gasteiger partial charge in [0.1, 0.15) is 12.4 Å². The molecule has 0 radical (unpaired) electrons. The molecule has 7 rings (SSSR count). The van der Waals surface area contributed by atoms with Gasteiger partial charge in [0.15, 0.2) is 0 Å². The molecule has 2 unspecified atom stereocenters. The molecule has 45 heavy (non-hydrogen) atoms.